The number of nitro groups is 1. The van der Waals surface area contributed by atoms with Gasteiger partial charge in [-0.15, -0.1) is 0 Å². The van der Waals surface area contributed by atoms with Gasteiger partial charge in [0, 0.05) is 23.5 Å². The topological polar surface area (TPSA) is 159 Å². The second kappa shape index (κ2) is 5.67. The van der Waals surface area contributed by atoms with Gasteiger partial charge in [-0.3, -0.25) is 19.7 Å². The van der Waals surface area contributed by atoms with E-state index in [1.807, 2.05) is 0 Å². The first kappa shape index (κ1) is 14.2. The number of carbonyl (C=O) groups is 2. The molecule has 0 aromatic heterocycles. The van der Waals surface area contributed by atoms with Crippen molar-refractivity contribution in [3.8, 4) is 0 Å². The van der Waals surface area contributed by atoms with Gasteiger partial charge in [-0.1, -0.05) is 0 Å². The Hall–Kier alpha value is -2.84. The maximum absolute atomic E-state index is 10.9. The first-order valence-electron chi connectivity index (χ1n) is 5.16. The molecule has 0 radical (unpaired) electrons. The van der Waals surface area contributed by atoms with Gasteiger partial charge in [-0.25, -0.2) is 0 Å². The number of rotatable bonds is 6. The average molecular weight is 267 g/mol. The summed E-state index contributed by atoms with van der Waals surface area (Å²) in [6.45, 7) is -0.604. The van der Waals surface area contributed by atoms with Gasteiger partial charge < -0.3 is 22.1 Å². The fourth-order valence-electron chi connectivity index (χ4n) is 1.52. The minimum atomic E-state index is -0.702. The summed E-state index contributed by atoms with van der Waals surface area (Å²) in [5.74, 6) is -1.40. The number of hydrogen-bond donors (Lipinski definition) is 3. The molecule has 0 saturated heterocycles. The quantitative estimate of drug-likeness (QED) is 0.339. The minimum Gasteiger partial charge on any atom is -0.398 e. The van der Waals surface area contributed by atoms with Crippen LogP contribution in [0.4, 0.5) is 17.1 Å². The number of amides is 2. The predicted molar refractivity (Wildman–Crippen MR) is 68.1 cm³/mol. The fourth-order valence-corrected chi connectivity index (χ4v) is 1.52. The average Bonchev–Trinajstić information content (AvgIpc) is 2.25. The lowest BCUT2D eigenvalue weighted by molar-refractivity contribution is -0.384. The first-order chi connectivity index (χ1) is 8.79. The van der Waals surface area contributed by atoms with Crippen LogP contribution < -0.4 is 22.1 Å². The van der Waals surface area contributed by atoms with Crippen LogP contribution in [0.1, 0.15) is 0 Å². The number of carbonyl (C=O) groups excluding carboxylic acids is 2. The van der Waals surface area contributed by atoms with Gasteiger partial charge in [0.1, 0.15) is 0 Å². The van der Waals surface area contributed by atoms with E-state index in [0.29, 0.717) is 0 Å². The monoisotopic (exact) mass is 267 g/mol. The number of nitrogens with two attached hydrogens (primary N) is 3. The lowest BCUT2D eigenvalue weighted by atomic mass is 10.2. The lowest BCUT2D eigenvalue weighted by Gasteiger charge is -2.21. The molecule has 102 valence electrons. The number of non-ortho nitro benzene ring substituents is 1. The molecule has 0 aliphatic heterocycles. The molecule has 9 nitrogen and oxygen atoms in total. The number of benzene rings is 1. The summed E-state index contributed by atoms with van der Waals surface area (Å²) in [4.78, 5) is 33.2. The van der Waals surface area contributed by atoms with Crippen molar-refractivity contribution >= 4 is 28.9 Å². The largest absolute Gasteiger partial charge is 0.398 e. The molecule has 0 atom stereocenters. The molecule has 1 rings (SSSR count). The Morgan fingerprint density at radius 1 is 1.16 bits per heavy atom. The molecule has 2 amide bonds. The molecule has 0 spiro atoms. The maximum atomic E-state index is 10.9. The molecule has 0 bridgehead atoms. The number of hydrogen-bond acceptors (Lipinski definition) is 6. The maximum Gasteiger partial charge on any atom is 0.273 e. The van der Waals surface area contributed by atoms with Gasteiger partial charge in [0.2, 0.25) is 11.8 Å². The minimum absolute atomic E-state index is 0.128. The molecule has 19 heavy (non-hydrogen) atoms. The van der Waals surface area contributed by atoms with Crippen molar-refractivity contribution in [2.75, 3.05) is 23.7 Å². The zero-order valence-corrected chi connectivity index (χ0v) is 9.91. The molecule has 1 aromatic rings. The molecule has 0 heterocycles. The highest BCUT2D eigenvalue weighted by atomic mass is 16.6. The van der Waals surface area contributed by atoms with Crippen molar-refractivity contribution < 1.29 is 14.5 Å². The van der Waals surface area contributed by atoms with Crippen molar-refractivity contribution in [1.29, 1.82) is 0 Å². The zero-order valence-electron chi connectivity index (χ0n) is 9.91. The standard InChI is InChI=1S/C10H13N5O4/c11-6-1-7(3-8(2-6)15(18)19)14(4-9(12)16)5-10(13)17/h1-3H,4-5,11H2,(H2,12,16)(H2,13,17). The van der Waals surface area contributed by atoms with Crippen LogP contribution in [0, 0.1) is 10.1 Å². The fraction of sp³-hybridized carbons (Fsp3) is 0.200. The van der Waals surface area contributed by atoms with Gasteiger partial charge in [0.05, 0.1) is 18.0 Å². The van der Waals surface area contributed by atoms with E-state index in [9.17, 15) is 19.7 Å². The molecule has 0 aliphatic carbocycles. The summed E-state index contributed by atoms with van der Waals surface area (Å²) in [5.41, 5.74) is 15.7. The second-order valence-electron chi connectivity index (χ2n) is 3.83. The highest BCUT2D eigenvalue weighted by molar-refractivity contribution is 5.85. The van der Waals surface area contributed by atoms with E-state index in [2.05, 4.69) is 0 Å². The Morgan fingerprint density at radius 2 is 1.68 bits per heavy atom. The van der Waals surface area contributed by atoms with E-state index >= 15 is 0 Å². The van der Waals surface area contributed by atoms with Gasteiger partial charge in [-0.05, 0) is 6.07 Å². The Kier molecular flexibility index (Phi) is 4.24. The second-order valence-corrected chi connectivity index (χ2v) is 3.83. The SMILES string of the molecule is NC(=O)CN(CC(N)=O)c1cc(N)cc([N+](=O)[O-])c1. The van der Waals surface area contributed by atoms with Gasteiger partial charge >= 0.3 is 0 Å². The van der Waals surface area contributed by atoms with E-state index in [4.69, 9.17) is 17.2 Å². The molecule has 1 aromatic carbocycles. The molecule has 6 N–H and O–H groups in total. The third kappa shape index (κ3) is 4.15. The third-order valence-electron chi connectivity index (χ3n) is 2.19. The number of nitrogens with zero attached hydrogens (tertiary/aromatic N) is 2. The Labute approximate surface area is 108 Å². The molecule has 0 unspecified atom stereocenters. The summed E-state index contributed by atoms with van der Waals surface area (Å²) >= 11 is 0. The van der Waals surface area contributed by atoms with E-state index in [1.165, 1.54) is 17.0 Å². The van der Waals surface area contributed by atoms with Gasteiger partial charge in [-0.2, -0.15) is 0 Å². The van der Waals surface area contributed by atoms with E-state index in [0.717, 1.165) is 6.07 Å². The van der Waals surface area contributed by atoms with Crippen LogP contribution in [-0.2, 0) is 9.59 Å². The van der Waals surface area contributed by atoms with Crippen molar-refractivity contribution in [2.45, 2.75) is 0 Å². The van der Waals surface area contributed by atoms with Crippen LogP contribution in [0.2, 0.25) is 0 Å². The van der Waals surface area contributed by atoms with Crippen LogP contribution in [0.15, 0.2) is 18.2 Å². The van der Waals surface area contributed by atoms with Crippen LogP contribution in [0.25, 0.3) is 0 Å². The van der Waals surface area contributed by atoms with E-state index < -0.39 is 16.7 Å². The smallest absolute Gasteiger partial charge is 0.273 e. The van der Waals surface area contributed by atoms with E-state index in [1.54, 1.807) is 0 Å². The number of nitrogen functional groups attached to an aromatic ring is 1. The van der Waals surface area contributed by atoms with Gasteiger partial charge in [0.25, 0.3) is 5.69 Å². The van der Waals surface area contributed by atoms with Crippen molar-refractivity contribution in [3.63, 3.8) is 0 Å². The molecule has 9 heteroatoms. The van der Waals surface area contributed by atoms with Crippen molar-refractivity contribution in [3.05, 3.63) is 28.3 Å². The number of primary amides is 2. The normalized spacial score (nSPS) is 9.89. The number of nitro benzene ring substituents is 1. The highest BCUT2D eigenvalue weighted by Gasteiger charge is 2.16. The summed E-state index contributed by atoms with van der Waals surface area (Å²) in [6.07, 6.45) is 0. The Morgan fingerprint density at radius 3 is 2.11 bits per heavy atom. The van der Waals surface area contributed by atoms with Crippen LogP contribution in [0.3, 0.4) is 0 Å². The van der Waals surface area contributed by atoms with Crippen LogP contribution in [0.5, 0.6) is 0 Å². The summed E-state index contributed by atoms with van der Waals surface area (Å²) in [5, 5.41) is 10.7. The number of anilines is 2. The zero-order chi connectivity index (χ0) is 14.6. The molecule has 0 fully saturated rings. The predicted octanol–water partition coefficient (Wildman–Crippen LogP) is -1.05. The van der Waals surface area contributed by atoms with Crippen LogP contribution in [-0.4, -0.2) is 29.8 Å². The summed E-state index contributed by atoms with van der Waals surface area (Å²) in [6, 6.07) is 3.73. The summed E-state index contributed by atoms with van der Waals surface area (Å²) < 4.78 is 0. The van der Waals surface area contributed by atoms with Crippen LogP contribution >= 0.6 is 0 Å². The lowest BCUT2D eigenvalue weighted by Crippen LogP contribution is -2.39. The molecule has 0 saturated carbocycles. The van der Waals surface area contributed by atoms with E-state index in [-0.39, 0.29) is 30.2 Å². The van der Waals surface area contributed by atoms with Crippen molar-refractivity contribution in [1.82, 2.24) is 0 Å². The molecular formula is C10H13N5O4. The summed E-state index contributed by atoms with van der Waals surface area (Å²) in [7, 11) is 0. The first-order valence-corrected chi connectivity index (χ1v) is 5.16. The molecular weight excluding hydrogens is 254 g/mol. The van der Waals surface area contributed by atoms with Crippen molar-refractivity contribution in [2.24, 2.45) is 11.5 Å². The molecule has 0 aliphatic rings. The Bertz CT molecular complexity index is 515. The van der Waals surface area contributed by atoms with Gasteiger partial charge in [0.15, 0.2) is 0 Å². The third-order valence-corrected chi connectivity index (χ3v) is 2.19. The Balaban J connectivity index is 3.16. The highest BCUT2D eigenvalue weighted by Crippen LogP contribution is 2.25.